The molecule has 130 valence electrons. The molecule has 0 spiro atoms. The molecular weight excluding hydrogens is 314 g/mol. The third-order valence-corrected chi connectivity index (χ3v) is 4.21. The van der Waals surface area contributed by atoms with Crippen LogP contribution in [0.4, 0.5) is 0 Å². The first-order chi connectivity index (χ1) is 12.0. The second kappa shape index (κ2) is 7.09. The molecule has 0 atom stereocenters. The van der Waals surface area contributed by atoms with E-state index in [-0.39, 0.29) is 5.78 Å². The Kier molecular flexibility index (Phi) is 4.88. The van der Waals surface area contributed by atoms with Gasteiger partial charge in [0.1, 0.15) is 11.5 Å². The van der Waals surface area contributed by atoms with Crippen molar-refractivity contribution < 1.29 is 14.3 Å². The van der Waals surface area contributed by atoms with Crippen LogP contribution in [0.3, 0.4) is 0 Å². The maximum Gasteiger partial charge on any atom is 0.210 e. The lowest BCUT2D eigenvalue weighted by molar-refractivity contribution is -0.125. The number of pyridine rings is 1. The standard InChI is InChI=1S/C21H23NO3/c1-4-5-14-24-17-8-6-15(7-9-17)18-19(16-10-12-22-13-11-16)25-21(2,3)20(18)23/h6-13H,4-5,14H2,1-3H3. The molecule has 0 amide bonds. The van der Waals surface area contributed by atoms with Gasteiger partial charge in [-0.1, -0.05) is 25.5 Å². The predicted octanol–water partition coefficient (Wildman–Crippen LogP) is 4.51. The van der Waals surface area contributed by atoms with E-state index in [1.165, 1.54) is 0 Å². The number of ketones is 1. The number of Topliss-reactive ketones (excluding diaryl/α,β-unsaturated/α-hetero) is 1. The Balaban J connectivity index is 1.95. The van der Waals surface area contributed by atoms with Crippen molar-refractivity contribution in [3.63, 3.8) is 0 Å². The SMILES string of the molecule is CCCCOc1ccc(C2=C(c3ccncc3)OC(C)(C)C2=O)cc1. The number of rotatable bonds is 6. The number of aromatic nitrogens is 1. The predicted molar refractivity (Wildman–Crippen MR) is 98.1 cm³/mol. The lowest BCUT2D eigenvalue weighted by Gasteiger charge is -2.17. The van der Waals surface area contributed by atoms with Crippen molar-refractivity contribution in [3.05, 3.63) is 59.9 Å². The summed E-state index contributed by atoms with van der Waals surface area (Å²) in [6.07, 6.45) is 5.52. The topological polar surface area (TPSA) is 48.4 Å². The van der Waals surface area contributed by atoms with E-state index >= 15 is 0 Å². The van der Waals surface area contributed by atoms with E-state index in [1.54, 1.807) is 26.2 Å². The van der Waals surface area contributed by atoms with Crippen LogP contribution in [0.5, 0.6) is 5.75 Å². The molecule has 2 aromatic rings. The van der Waals surface area contributed by atoms with Crippen LogP contribution in [0.15, 0.2) is 48.8 Å². The van der Waals surface area contributed by atoms with Gasteiger partial charge >= 0.3 is 0 Å². The highest BCUT2D eigenvalue weighted by atomic mass is 16.5. The van der Waals surface area contributed by atoms with Gasteiger partial charge in [-0.2, -0.15) is 0 Å². The first-order valence-corrected chi connectivity index (χ1v) is 8.64. The summed E-state index contributed by atoms with van der Waals surface area (Å²) in [6, 6.07) is 11.3. The van der Waals surface area contributed by atoms with Crippen molar-refractivity contribution in [1.29, 1.82) is 0 Å². The normalized spacial score (nSPS) is 16.0. The lowest BCUT2D eigenvalue weighted by Crippen LogP contribution is -2.29. The molecular formula is C21H23NO3. The molecule has 1 aromatic carbocycles. The van der Waals surface area contributed by atoms with Crippen LogP contribution in [0, 0.1) is 0 Å². The molecule has 0 aliphatic carbocycles. The Labute approximate surface area is 148 Å². The molecule has 2 heterocycles. The van der Waals surface area contributed by atoms with Gasteiger partial charge in [0.25, 0.3) is 0 Å². The van der Waals surface area contributed by atoms with Crippen molar-refractivity contribution in [2.45, 2.75) is 39.2 Å². The fourth-order valence-corrected chi connectivity index (χ4v) is 2.78. The Morgan fingerprint density at radius 3 is 2.36 bits per heavy atom. The molecule has 0 saturated heterocycles. The number of carbonyl (C=O) groups is 1. The van der Waals surface area contributed by atoms with Crippen LogP contribution < -0.4 is 4.74 Å². The van der Waals surface area contributed by atoms with Crippen LogP contribution >= 0.6 is 0 Å². The quantitative estimate of drug-likeness (QED) is 0.728. The van der Waals surface area contributed by atoms with Crippen molar-refractivity contribution in [1.82, 2.24) is 4.98 Å². The zero-order chi connectivity index (χ0) is 17.9. The van der Waals surface area contributed by atoms with E-state index in [0.29, 0.717) is 17.9 Å². The molecule has 25 heavy (non-hydrogen) atoms. The molecule has 0 unspecified atom stereocenters. The zero-order valence-electron chi connectivity index (χ0n) is 14.9. The van der Waals surface area contributed by atoms with Crippen molar-refractivity contribution in [2.24, 2.45) is 0 Å². The van der Waals surface area contributed by atoms with Crippen LogP contribution in [-0.2, 0) is 9.53 Å². The van der Waals surface area contributed by atoms with Gasteiger partial charge in [-0.25, -0.2) is 0 Å². The number of nitrogens with zero attached hydrogens (tertiary/aromatic N) is 1. The van der Waals surface area contributed by atoms with Crippen molar-refractivity contribution in [3.8, 4) is 5.75 Å². The molecule has 0 saturated carbocycles. The van der Waals surface area contributed by atoms with Crippen molar-refractivity contribution in [2.75, 3.05) is 6.61 Å². The summed E-state index contributed by atoms with van der Waals surface area (Å²) in [5, 5.41) is 0. The van der Waals surface area contributed by atoms with Gasteiger partial charge in [-0.15, -0.1) is 0 Å². The highest BCUT2D eigenvalue weighted by Gasteiger charge is 2.42. The summed E-state index contributed by atoms with van der Waals surface area (Å²) in [5.41, 5.74) is 1.43. The van der Waals surface area contributed by atoms with Crippen LogP contribution in [0.25, 0.3) is 11.3 Å². The smallest absolute Gasteiger partial charge is 0.210 e. The van der Waals surface area contributed by atoms with Gasteiger partial charge in [-0.3, -0.25) is 9.78 Å². The first kappa shape index (κ1) is 17.2. The highest BCUT2D eigenvalue weighted by molar-refractivity contribution is 6.32. The summed E-state index contributed by atoms with van der Waals surface area (Å²) in [6.45, 7) is 6.43. The van der Waals surface area contributed by atoms with Gasteiger partial charge in [-0.05, 0) is 50.1 Å². The number of hydrogen-bond acceptors (Lipinski definition) is 4. The Hall–Kier alpha value is -2.62. The molecule has 4 heteroatoms. The average Bonchev–Trinajstić information content (AvgIpc) is 2.87. The largest absolute Gasteiger partial charge is 0.494 e. The Bertz CT molecular complexity index is 777. The molecule has 0 bridgehead atoms. The second-order valence-corrected chi connectivity index (χ2v) is 6.61. The maximum atomic E-state index is 12.9. The minimum atomic E-state index is -0.871. The third kappa shape index (κ3) is 3.58. The minimum absolute atomic E-state index is 0.0148. The molecule has 3 rings (SSSR count). The van der Waals surface area contributed by atoms with E-state index in [9.17, 15) is 4.79 Å². The fraction of sp³-hybridized carbons (Fsp3) is 0.333. The monoisotopic (exact) mass is 337 g/mol. The van der Waals surface area contributed by atoms with E-state index in [4.69, 9.17) is 9.47 Å². The molecule has 0 N–H and O–H groups in total. The van der Waals surface area contributed by atoms with Crippen LogP contribution in [-0.4, -0.2) is 23.0 Å². The van der Waals surface area contributed by atoms with Gasteiger partial charge in [0.2, 0.25) is 5.78 Å². The second-order valence-electron chi connectivity index (χ2n) is 6.61. The molecule has 1 aliphatic heterocycles. The van der Waals surface area contributed by atoms with E-state index in [1.807, 2.05) is 36.4 Å². The number of benzene rings is 1. The minimum Gasteiger partial charge on any atom is -0.494 e. The van der Waals surface area contributed by atoms with Crippen LogP contribution in [0.2, 0.25) is 0 Å². The number of ether oxygens (including phenoxy) is 2. The number of unbranched alkanes of at least 4 members (excludes halogenated alkanes) is 1. The van der Waals surface area contributed by atoms with Gasteiger partial charge in [0.15, 0.2) is 5.60 Å². The molecule has 0 fully saturated rings. The fourth-order valence-electron chi connectivity index (χ4n) is 2.78. The summed E-state index contributed by atoms with van der Waals surface area (Å²) >= 11 is 0. The Morgan fingerprint density at radius 1 is 1.04 bits per heavy atom. The number of carbonyl (C=O) groups excluding carboxylic acids is 1. The summed E-state index contributed by atoms with van der Waals surface area (Å²) in [4.78, 5) is 16.9. The molecule has 1 aliphatic rings. The van der Waals surface area contributed by atoms with Crippen molar-refractivity contribution >= 4 is 17.1 Å². The zero-order valence-corrected chi connectivity index (χ0v) is 14.9. The van der Waals surface area contributed by atoms with E-state index < -0.39 is 5.60 Å². The summed E-state index contributed by atoms with van der Waals surface area (Å²) < 4.78 is 11.7. The third-order valence-electron chi connectivity index (χ3n) is 4.21. The van der Waals surface area contributed by atoms with Gasteiger partial charge in [0.05, 0.1) is 12.2 Å². The number of hydrogen-bond donors (Lipinski definition) is 0. The first-order valence-electron chi connectivity index (χ1n) is 8.64. The Morgan fingerprint density at radius 2 is 1.72 bits per heavy atom. The molecule has 1 aromatic heterocycles. The van der Waals surface area contributed by atoms with Crippen LogP contribution in [0.1, 0.15) is 44.7 Å². The highest BCUT2D eigenvalue weighted by Crippen LogP contribution is 2.41. The molecule has 4 nitrogen and oxygen atoms in total. The summed E-state index contributed by atoms with van der Waals surface area (Å²) in [5.74, 6) is 1.41. The van der Waals surface area contributed by atoms with E-state index in [0.717, 1.165) is 29.7 Å². The lowest BCUT2D eigenvalue weighted by atomic mass is 9.93. The maximum absolute atomic E-state index is 12.9. The van der Waals surface area contributed by atoms with Gasteiger partial charge in [0, 0.05) is 18.0 Å². The average molecular weight is 337 g/mol. The molecule has 0 radical (unpaired) electrons. The van der Waals surface area contributed by atoms with Gasteiger partial charge < -0.3 is 9.47 Å². The summed E-state index contributed by atoms with van der Waals surface area (Å²) in [7, 11) is 0. The van der Waals surface area contributed by atoms with E-state index in [2.05, 4.69) is 11.9 Å².